The highest BCUT2D eigenvalue weighted by Gasteiger charge is 2.18. The molecule has 4 rings (SSSR count). The van der Waals surface area contributed by atoms with Gasteiger partial charge in [-0.1, -0.05) is 0 Å². The molecule has 3 heterocycles. The number of hydrogen-bond acceptors (Lipinski definition) is 5. The van der Waals surface area contributed by atoms with Gasteiger partial charge in [-0.2, -0.15) is 0 Å². The van der Waals surface area contributed by atoms with Gasteiger partial charge >= 0.3 is 0 Å². The van der Waals surface area contributed by atoms with Crippen molar-refractivity contribution in [3.05, 3.63) is 47.0 Å². The van der Waals surface area contributed by atoms with E-state index in [0.29, 0.717) is 5.69 Å². The van der Waals surface area contributed by atoms with E-state index in [1.165, 1.54) is 10.6 Å². The number of nitrogens with zero attached hydrogens (tertiary/aromatic N) is 2. The maximum Gasteiger partial charge on any atom is 0.180 e. The smallest absolute Gasteiger partial charge is 0.180 e. The van der Waals surface area contributed by atoms with Crippen molar-refractivity contribution in [2.24, 2.45) is 0 Å². The standard InChI is InChI=1S/C20H21N3O2S/c1-13-3-8-17(26-13)19-18(14(2)24)21-20(22-19)15-4-6-16(7-5-15)23-9-11-25-12-10-23/h3-8H,9-12H2,1-2H3,(H,21,22). The summed E-state index contributed by atoms with van der Waals surface area (Å²) < 4.78 is 5.41. The summed E-state index contributed by atoms with van der Waals surface area (Å²) in [7, 11) is 0. The van der Waals surface area contributed by atoms with Gasteiger partial charge < -0.3 is 14.6 Å². The third kappa shape index (κ3) is 3.30. The van der Waals surface area contributed by atoms with Gasteiger partial charge in [0, 0.05) is 36.1 Å². The molecule has 2 aromatic heterocycles. The van der Waals surface area contributed by atoms with Gasteiger partial charge in [0.25, 0.3) is 0 Å². The molecular formula is C20H21N3O2S. The average molecular weight is 367 g/mol. The van der Waals surface area contributed by atoms with E-state index in [1.807, 2.05) is 6.07 Å². The summed E-state index contributed by atoms with van der Waals surface area (Å²) >= 11 is 1.66. The van der Waals surface area contributed by atoms with Crippen LogP contribution in [0.2, 0.25) is 0 Å². The molecule has 26 heavy (non-hydrogen) atoms. The molecule has 0 saturated carbocycles. The van der Waals surface area contributed by atoms with E-state index in [0.717, 1.165) is 48.3 Å². The lowest BCUT2D eigenvalue weighted by Gasteiger charge is -2.28. The Bertz CT molecular complexity index is 921. The van der Waals surface area contributed by atoms with E-state index >= 15 is 0 Å². The maximum atomic E-state index is 12.1. The summed E-state index contributed by atoms with van der Waals surface area (Å²) in [5.74, 6) is 0.697. The molecule has 0 radical (unpaired) electrons. The molecule has 0 aliphatic carbocycles. The fourth-order valence-corrected chi connectivity index (χ4v) is 4.03. The summed E-state index contributed by atoms with van der Waals surface area (Å²) in [6.07, 6.45) is 0. The number of rotatable bonds is 4. The Morgan fingerprint density at radius 2 is 1.88 bits per heavy atom. The van der Waals surface area contributed by atoms with E-state index in [-0.39, 0.29) is 5.78 Å². The summed E-state index contributed by atoms with van der Waals surface area (Å²) in [6, 6.07) is 12.4. The van der Waals surface area contributed by atoms with Crippen LogP contribution in [0.5, 0.6) is 0 Å². The number of aromatic amines is 1. The van der Waals surface area contributed by atoms with Crippen LogP contribution < -0.4 is 4.90 Å². The fourth-order valence-electron chi connectivity index (χ4n) is 3.16. The first-order valence-corrected chi connectivity index (χ1v) is 9.54. The average Bonchev–Trinajstić information content (AvgIpc) is 3.29. The number of imidazole rings is 1. The number of thiophene rings is 1. The van der Waals surface area contributed by atoms with Gasteiger partial charge in [-0.05, 0) is 43.3 Å². The molecule has 1 aliphatic heterocycles. The summed E-state index contributed by atoms with van der Waals surface area (Å²) in [4.78, 5) is 24.5. The number of hydrogen-bond donors (Lipinski definition) is 1. The van der Waals surface area contributed by atoms with Gasteiger partial charge in [0.2, 0.25) is 0 Å². The molecular weight excluding hydrogens is 346 g/mol. The molecule has 0 unspecified atom stereocenters. The van der Waals surface area contributed by atoms with E-state index in [1.54, 1.807) is 18.3 Å². The van der Waals surface area contributed by atoms with Crippen LogP contribution in [-0.4, -0.2) is 42.1 Å². The molecule has 5 nitrogen and oxygen atoms in total. The molecule has 0 bridgehead atoms. The molecule has 0 amide bonds. The molecule has 134 valence electrons. The van der Waals surface area contributed by atoms with Crippen molar-refractivity contribution < 1.29 is 9.53 Å². The number of aryl methyl sites for hydroxylation is 1. The molecule has 3 aromatic rings. The van der Waals surface area contributed by atoms with Crippen LogP contribution in [0.4, 0.5) is 5.69 Å². The second kappa shape index (κ2) is 7.05. The number of benzene rings is 1. The number of ketones is 1. The largest absolute Gasteiger partial charge is 0.378 e. The number of H-pyrrole nitrogens is 1. The number of aromatic nitrogens is 2. The molecule has 1 fully saturated rings. The van der Waals surface area contributed by atoms with Crippen molar-refractivity contribution in [1.29, 1.82) is 0 Å². The zero-order valence-corrected chi connectivity index (χ0v) is 15.7. The van der Waals surface area contributed by atoms with Crippen molar-refractivity contribution in [3.63, 3.8) is 0 Å². The molecule has 0 spiro atoms. The van der Waals surface area contributed by atoms with Crippen molar-refractivity contribution in [2.45, 2.75) is 13.8 Å². The fraction of sp³-hybridized carbons (Fsp3) is 0.300. The zero-order chi connectivity index (χ0) is 18.1. The summed E-state index contributed by atoms with van der Waals surface area (Å²) in [5, 5.41) is 0. The first-order chi connectivity index (χ1) is 12.6. The Morgan fingerprint density at radius 3 is 2.50 bits per heavy atom. The van der Waals surface area contributed by atoms with Crippen LogP contribution in [0.15, 0.2) is 36.4 Å². The van der Waals surface area contributed by atoms with Crippen molar-refractivity contribution in [1.82, 2.24) is 9.97 Å². The van der Waals surface area contributed by atoms with Crippen molar-refractivity contribution in [3.8, 4) is 22.0 Å². The quantitative estimate of drug-likeness (QED) is 0.704. The summed E-state index contributed by atoms with van der Waals surface area (Å²) in [5.41, 5.74) is 3.47. The Balaban J connectivity index is 1.66. The number of Topliss-reactive ketones (excluding diaryl/α,β-unsaturated/α-hetero) is 1. The number of carbonyl (C=O) groups is 1. The summed E-state index contributed by atoms with van der Waals surface area (Å²) in [6.45, 7) is 6.98. The molecule has 1 saturated heterocycles. The number of anilines is 1. The second-order valence-corrected chi connectivity index (χ2v) is 7.71. The van der Waals surface area contributed by atoms with Crippen LogP contribution in [-0.2, 0) is 4.74 Å². The number of carbonyl (C=O) groups excluding carboxylic acids is 1. The minimum absolute atomic E-state index is 0.0292. The highest BCUT2D eigenvalue weighted by Crippen LogP contribution is 2.32. The SMILES string of the molecule is CC(=O)c1nc(-c2ccc(N3CCOCC3)cc2)[nH]c1-c1ccc(C)s1. The monoisotopic (exact) mass is 367 g/mol. The van der Waals surface area contributed by atoms with Crippen LogP contribution in [0, 0.1) is 6.92 Å². The number of morpholine rings is 1. The Kier molecular flexibility index (Phi) is 4.61. The van der Waals surface area contributed by atoms with Crippen molar-refractivity contribution >= 4 is 22.8 Å². The van der Waals surface area contributed by atoms with E-state index < -0.39 is 0 Å². The van der Waals surface area contributed by atoms with E-state index in [9.17, 15) is 4.79 Å². The molecule has 1 aromatic carbocycles. The molecule has 1 N–H and O–H groups in total. The van der Waals surface area contributed by atoms with Gasteiger partial charge in [0.15, 0.2) is 5.78 Å². The highest BCUT2D eigenvalue weighted by atomic mass is 32.1. The lowest BCUT2D eigenvalue weighted by atomic mass is 10.2. The number of ether oxygens (including phenoxy) is 1. The van der Waals surface area contributed by atoms with Crippen LogP contribution >= 0.6 is 11.3 Å². The van der Waals surface area contributed by atoms with Crippen LogP contribution in [0.3, 0.4) is 0 Å². The third-order valence-electron chi connectivity index (χ3n) is 4.54. The first kappa shape index (κ1) is 17.0. The van der Waals surface area contributed by atoms with Gasteiger partial charge in [-0.25, -0.2) is 4.98 Å². The van der Waals surface area contributed by atoms with E-state index in [2.05, 4.69) is 52.1 Å². The van der Waals surface area contributed by atoms with Gasteiger partial charge in [0.1, 0.15) is 11.5 Å². The van der Waals surface area contributed by atoms with Crippen molar-refractivity contribution in [2.75, 3.05) is 31.2 Å². The first-order valence-electron chi connectivity index (χ1n) is 8.73. The van der Waals surface area contributed by atoms with Crippen LogP contribution in [0.25, 0.3) is 22.0 Å². The Morgan fingerprint density at radius 1 is 1.15 bits per heavy atom. The third-order valence-corrected chi connectivity index (χ3v) is 5.56. The normalized spacial score (nSPS) is 14.6. The number of nitrogens with one attached hydrogen (secondary N) is 1. The molecule has 0 atom stereocenters. The predicted molar refractivity (Wildman–Crippen MR) is 105 cm³/mol. The molecule has 6 heteroatoms. The minimum Gasteiger partial charge on any atom is -0.378 e. The van der Waals surface area contributed by atoms with E-state index in [4.69, 9.17) is 4.74 Å². The molecule has 1 aliphatic rings. The predicted octanol–water partition coefficient (Wildman–Crippen LogP) is 4.15. The second-order valence-electron chi connectivity index (χ2n) is 6.42. The Labute approximate surface area is 156 Å². The zero-order valence-electron chi connectivity index (χ0n) is 14.9. The maximum absolute atomic E-state index is 12.1. The minimum atomic E-state index is -0.0292. The van der Waals surface area contributed by atoms with Gasteiger partial charge in [0.05, 0.1) is 23.8 Å². The highest BCUT2D eigenvalue weighted by molar-refractivity contribution is 7.15. The lowest BCUT2D eigenvalue weighted by molar-refractivity contribution is 0.101. The van der Waals surface area contributed by atoms with Gasteiger partial charge in [-0.15, -0.1) is 11.3 Å². The topological polar surface area (TPSA) is 58.2 Å². The van der Waals surface area contributed by atoms with Gasteiger partial charge in [-0.3, -0.25) is 4.79 Å². The Hall–Kier alpha value is -2.44. The lowest BCUT2D eigenvalue weighted by Crippen LogP contribution is -2.36. The van der Waals surface area contributed by atoms with Crippen LogP contribution in [0.1, 0.15) is 22.3 Å².